The van der Waals surface area contributed by atoms with Gasteiger partial charge in [-0.05, 0) is 44.2 Å². The second kappa shape index (κ2) is 9.33. The van der Waals surface area contributed by atoms with E-state index in [0.717, 1.165) is 17.7 Å². The number of carbonyl (C=O) groups is 1. The smallest absolute Gasteiger partial charge is 0.226 e. The van der Waals surface area contributed by atoms with Gasteiger partial charge < -0.3 is 9.73 Å². The molecular weight excluding hydrogens is 350 g/mol. The molecule has 0 saturated carbocycles. The predicted octanol–water partition coefficient (Wildman–Crippen LogP) is 4.04. The van der Waals surface area contributed by atoms with Crippen LogP contribution in [0.4, 0.5) is 0 Å². The number of nitrogens with one attached hydrogen (secondary N) is 1. The molecule has 0 atom stereocenters. The van der Waals surface area contributed by atoms with E-state index in [4.69, 9.17) is 4.42 Å². The minimum atomic E-state index is -0.0695. The summed E-state index contributed by atoms with van der Waals surface area (Å²) in [6.07, 6.45) is 1.75. The molecule has 3 aromatic rings. The fourth-order valence-electron chi connectivity index (χ4n) is 2.86. The molecule has 2 aromatic carbocycles. The average molecular weight is 377 g/mol. The number of benzene rings is 2. The van der Waals surface area contributed by atoms with Gasteiger partial charge in [-0.3, -0.25) is 9.69 Å². The number of amides is 1. The third-order valence-corrected chi connectivity index (χ3v) is 4.81. The number of aromatic nitrogens is 1. The Hall–Kier alpha value is -2.92. The monoisotopic (exact) mass is 377 g/mol. The third kappa shape index (κ3) is 5.30. The number of hydrogen-bond acceptors (Lipinski definition) is 4. The molecule has 0 aliphatic carbocycles. The van der Waals surface area contributed by atoms with Crippen LogP contribution in [0.3, 0.4) is 0 Å². The Kier molecular flexibility index (Phi) is 6.61. The number of hydrogen-bond donors (Lipinski definition) is 1. The SMILES string of the molecule is CC(C)N(C)Cc1ccccc1CNC(=O)Cc1coc(-c2ccccc2)n1. The second-order valence-electron chi connectivity index (χ2n) is 7.24. The van der Waals surface area contributed by atoms with Gasteiger partial charge in [0.1, 0.15) is 6.26 Å². The molecule has 1 amide bonds. The van der Waals surface area contributed by atoms with Gasteiger partial charge in [-0.1, -0.05) is 42.5 Å². The molecule has 146 valence electrons. The lowest BCUT2D eigenvalue weighted by Gasteiger charge is -2.22. The molecule has 0 fully saturated rings. The van der Waals surface area contributed by atoms with E-state index in [9.17, 15) is 4.79 Å². The molecule has 1 heterocycles. The first kappa shape index (κ1) is 19.8. The standard InChI is InChI=1S/C23H27N3O2/c1-17(2)26(3)15-20-12-8-7-11-19(20)14-24-22(27)13-21-16-28-23(25-21)18-9-5-4-6-10-18/h4-12,16-17H,13-15H2,1-3H3,(H,24,27). The summed E-state index contributed by atoms with van der Waals surface area (Å²) >= 11 is 0. The van der Waals surface area contributed by atoms with Crippen LogP contribution in [-0.2, 0) is 24.3 Å². The van der Waals surface area contributed by atoms with Crippen molar-refractivity contribution in [2.75, 3.05) is 7.05 Å². The molecular formula is C23H27N3O2. The van der Waals surface area contributed by atoms with Crippen molar-refractivity contribution < 1.29 is 9.21 Å². The summed E-state index contributed by atoms with van der Waals surface area (Å²) in [6.45, 7) is 5.70. The molecule has 5 nitrogen and oxygen atoms in total. The van der Waals surface area contributed by atoms with Crippen LogP contribution in [0.5, 0.6) is 0 Å². The fraction of sp³-hybridized carbons (Fsp3) is 0.304. The zero-order valence-corrected chi connectivity index (χ0v) is 16.7. The summed E-state index contributed by atoms with van der Waals surface area (Å²) in [6, 6.07) is 18.4. The minimum absolute atomic E-state index is 0.0695. The van der Waals surface area contributed by atoms with Gasteiger partial charge in [0.15, 0.2) is 0 Å². The number of carbonyl (C=O) groups excluding carboxylic acids is 1. The largest absolute Gasteiger partial charge is 0.444 e. The molecule has 0 aliphatic rings. The second-order valence-corrected chi connectivity index (χ2v) is 7.24. The van der Waals surface area contributed by atoms with Crippen LogP contribution in [0, 0.1) is 0 Å². The summed E-state index contributed by atoms with van der Waals surface area (Å²) in [5.74, 6) is 0.463. The van der Waals surface area contributed by atoms with Crippen molar-refractivity contribution in [3.8, 4) is 11.5 Å². The van der Waals surface area contributed by atoms with Gasteiger partial charge in [0, 0.05) is 24.7 Å². The summed E-state index contributed by atoms with van der Waals surface area (Å²) in [7, 11) is 2.11. The summed E-state index contributed by atoms with van der Waals surface area (Å²) < 4.78 is 5.50. The molecule has 28 heavy (non-hydrogen) atoms. The molecule has 1 N–H and O–H groups in total. The summed E-state index contributed by atoms with van der Waals surface area (Å²) in [5.41, 5.74) is 3.89. The molecule has 0 unspecified atom stereocenters. The van der Waals surface area contributed by atoms with Crippen LogP contribution in [0.2, 0.25) is 0 Å². The van der Waals surface area contributed by atoms with Crippen molar-refractivity contribution in [1.82, 2.24) is 15.2 Å². The quantitative estimate of drug-likeness (QED) is 0.644. The van der Waals surface area contributed by atoms with Crippen molar-refractivity contribution in [2.24, 2.45) is 0 Å². The predicted molar refractivity (Wildman–Crippen MR) is 111 cm³/mol. The molecule has 0 spiro atoms. The zero-order valence-electron chi connectivity index (χ0n) is 16.7. The maximum atomic E-state index is 12.4. The number of oxazole rings is 1. The highest BCUT2D eigenvalue weighted by atomic mass is 16.3. The van der Waals surface area contributed by atoms with E-state index in [1.165, 1.54) is 5.56 Å². The van der Waals surface area contributed by atoms with Crippen LogP contribution in [-0.4, -0.2) is 28.9 Å². The van der Waals surface area contributed by atoms with Gasteiger partial charge in [-0.15, -0.1) is 0 Å². The van der Waals surface area contributed by atoms with Crippen LogP contribution in [0.25, 0.3) is 11.5 Å². The Bertz CT molecular complexity index is 903. The Balaban J connectivity index is 1.57. The van der Waals surface area contributed by atoms with Gasteiger partial charge in [0.2, 0.25) is 11.8 Å². The van der Waals surface area contributed by atoms with Crippen LogP contribution in [0.1, 0.15) is 30.7 Å². The first-order valence-corrected chi connectivity index (χ1v) is 9.56. The van der Waals surface area contributed by atoms with Crippen molar-refractivity contribution in [1.29, 1.82) is 0 Å². The van der Waals surface area contributed by atoms with Crippen molar-refractivity contribution in [3.05, 3.63) is 77.7 Å². The fourth-order valence-corrected chi connectivity index (χ4v) is 2.86. The van der Waals surface area contributed by atoms with Crippen molar-refractivity contribution in [3.63, 3.8) is 0 Å². The molecule has 1 aromatic heterocycles. The van der Waals surface area contributed by atoms with Gasteiger partial charge >= 0.3 is 0 Å². The molecule has 0 saturated heterocycles. The molecule has 0 bridgehead atoms. The first-order chi connectivity index (χ1) is 13.5. The zero-order chi connectivity index (χ0) is 19.9. The van der Waals surface area contributed by atoms with E-state index in [1.54, 1.807) is 6.26 Å². The molecule has 0 aliphatic heterocycles. The maximum absolute atomic E-state index is 12.4. The van der Waals surface area contributed by atoms with Gasteiger partial charge in [0.05, 0.1) is 12.1 Å². The molecule has 5 heteroatoms. The Morgan fingerprint density at radius 1 is 1.07 bits per heavy atom. The van der Waals surface area contributed by atoms with Crippen LogP contribution in [0.15, 0.2) is 65.3 Å². The normalized spacial score (nSPS) is 11.2. The maximum Gasteiger partial charge on any atom is 0.226 e. The Morgan fingerprint density at radius 3 is 2.46 bits per heavy atom. The van der Waals surface area contributed by atoms with E-state index < -0.39 is 0 Å². The molecule has 0 radical (unpaired) electrons. The summed E-state index contributed by atoms with van der Waals surface area (Å²) in [4.78, 5) is 19.1. The van der Waals surface area contributed by atoms with Crippen molar-refractivity contribution >= 4 is 5.91 Å². The third-order valence-electron chi connectivity index (χ3n) is 4.81. The highest BCUT2D eigenvalue weighted by Gasteiger charge is 2.12. The summed E-state index contributed by atoms with van der Waals surface area (Å²) in [5, 5.41) is 3.00. The molecule has 3 rings (SSSR count). The van der Waals surface area contributed by atoms with E-state index in [2.05, 4.69) is 48.2 Å². The van der Waals surface area contributed by atoms with E-state index in [-0.39, 0.29) is 12.3 Å². The Morgan fingerprint density at radius 2 is 1.75 bits per heavy atom. The van der Waals surface area contributed by atoms with Crippen LogP contribution >= 0.6 is 0 Å². The van der Waals surface area contributed by atoms with Crippen molar-refractivity contribution in [2.45, 2.75) is 39.4 Å². The van der Waals surface area contributed by atoms with E-state index >= 15 is 0 Å². The lowest BCUT2D eigenvalue weighted by molar-refractivity contribution is -0.120. The van der Waals surface area contributed by atoms with Gasteiger partial charge in [-0.2, -0.15) is 0 Å². The van der Waals surface area contributed by atoms with E-state index in [0.29, 0.717) is 24.2 Å². The van der Waals surface area contributed by atoms with Gasteiger partial charge in [0.25, 0.3) is 0 Å². The van der Waals surface area contributed by atoms with E-state index in [1.807, 2.05) is 42.5 Å². The average Bonchev–Trinajstić information content (AvgIpc) is 3.16. The van der Waals surface area contributed by atoms with Crippen LogP contribution < -0.4 is 5.32 Å². The van der Waals surface area contributed by atoms with Gasteiger partial charge in [-0.25, -0.2) is 4.98 Å². The minimum Gasteiger partial charge on any atom is -0.444 e. The highest BCUT2D eigenvalue weighted by molar-refractivity contribution is 5.78. The Labute approximate surface area is 166 Å². The lowest BCUT2D eigenvalue weighted by Crippen LogP contribution is -2.28. The number of rotatable bonds is 8. The first-order valence-electron chi connectivity index (χ1n) is 9.56. The number of nitrogens with zero attached hydrogens (tertiary/aromatic N) is 2. The topological polar surface area (TPSA) is 58.4 Å². The highest BCUT2D eigenvalue weighted by Crippen LogP contribution is 2.18. The lowest BCUT2D eigenvalue weighted by atomic mass is 10.1.